The Labute approximate surface area is 143 Å². The molecule has 1 aliphatic rings. The number of para-hydroxylation sites is 1. The van der Waals surface area contributed by atoms with E-state index in [1.54, 1.807) is 12.1 Å². The van der Waals surface area contributed by atoms with E-state index in [0.717, 1.165) is 25.7 Å². The standard InChI is InChI=1S/C17H24N2O3.ClH/c1-22-17(21)11-19-15-9-5-3-7-13(15)16(20)10-12-6-2-4-8-14(12)18;/h3,5,7,9,12,14,19H,2,4,6,8,10-11,18H2,1H3;1H. The van der Waals surface area contributed by atoms with Crippen molar-refractivity contribution in [2.45, 2.75) is 38.1 Å². The molecule has 1 aromatic carbocycles. The van der Waals surface area contributed by atoms with Crippen molar-refractivity contribution >= 4 is 29.8 Å². The number of ether oxygens (including phenoxy) is 1. The Morgan fingerprint density at radius 1 is 1.26 bits per heavy atom. The summed E-state index contributed by atoms with van der Waals surface area (Å²) in [5.41, 5.74) is 7.41. The number of carbonyl (C=O) groups is 2. The highest BCUT2D eigenvalue weighted by Crippen LogP contribution is 2.28. The number of Topliss-reactive ketones (excluding diaryl/α,β-unsaturated/α-hetero) is 1. The number of nitrogens with one attached hydrogen (secondary N) is 1. The molecule has 128 valence electrons. The zero-order valence-corrected chi connectivity index (χ0v) is 14.2. The molecule has 3 N–H and O–H groups in total. The van der Waals surface area contributed by atoms with Gasteiger partial charge < -0.3 is 15.8 Å². The zero-order valence-electron chi connectivity index (χ0n) is 13.4. The molecule has 2 atom stereocenters. The van der Waals surface area contributed by atoms with Crippen LogP contribution in [0.3, 0.4) is 0 Å². The molecule has 1 fully saturated rings. The predicted molar refractivity (Wildman–Crippen MR) is 93.1 cm³/mol. The third-order valence-electron chi connectivity index (χ3n) is 4.29. The van der Waals surface area contributed by atoms with E-state index < -0.39 is 0 Å². The topological polar surface area (TPSA) is 81.4 Å². The number of nitrogens with two attached hydrogens (primary N) is 1. The number of hydrogen-bond donors (Lipinski definition) is 2. The summed E-state index contributed by atoms with van der Waals surface area (Å²) in [5.74, 6) is -0.0261. The molecular formula is C17H25ClN2O3. The van der Waals surface area contributed by atoms with Gasteiger partial charge in [-0.15, -0.1) is 12.4 Å². The molecule has 2 rings (SSSR count). The number of anilines is 1. The maximum atomic E-state index is 12.6. The van der Waals surface area contributed by atoms with Gasteiger partial charge in [-0.1, -0.05) is 25.0 Å². The van der Waals surface area contributed by atoms with E-state index in [1.165, 1.54) is 7.11 Å². The molecule has 0 amide bonds. The number of halogens is 1. The van der Waals surface area contributed by atoms with Gasteiger partial charge in [-0.25, -0.2) is 0 Å². The van der Waals surface area contributed by atoms with Gasteiger partial charge in [-0.2, -0.15) is 0 Å². The Morgan fingerprint density at radius 3 is 2.65 bits per heavy atom. The molecule has 5 nitrogen and oxygen atoms in total. The van der Waals surface area contributed by atoms with Gasteiger partial charge in [0.2, 0.25) is 0 Å². The number of carbonyl (C=O) groups excluding carboxylic acids is 2. The first-order valence-electron chi connectivity index (χ1n) is 7.80. The lowest BCUT2D eigenvalue weighted by molar-refractivity contribution is -0.138. The molecule has 0 bridgehead atoms. The third-order valence-corrected chi connectivity index (χ3v) is 4.29. The van der Waals surface area contributed by atoms with Gasteiger partial charge in [0, 0.05) is 23.7 Å². The van der Waals surface area contributed by atoms with Crippen molar-refractivity contribution in [3.05, 3.63) is 29.8 Å². The lowest BCUT2D eigenvalue weighted by Gasteiger charge is -2.28. The summed E-state index contributed by atoms with van der Waals surface area (Å²) in [6.45, 7) is 0.0454. The van der Waals surface area contributed by atoms with Crippen molar-refractivity contribution in [2.24, 2.45) is 11.7 Å². The van der Waals surface area contributed by atoms with Gasteiger partial charge in [-0.05, 0) is 30.9 Å². The fourth-order valence-corrected chi connectivity index (χ4v) is 2.96. The molecule has 2 unspecified atom stereocenters. The van der Waals surface area contributed by atoms with Gasteiger partial charge in [0.25, 0.3) is 0 Å². The van der Waals surface area contributed by atoms with E-state index in [9.17, 15) is 9.59 Å². The molecule has 23 heavy (non-hydrogen) atoms. The number of hydrogen-bond acceptors (Lipinski definition) is 5. The summed E-state index contributed by atoms with van der Waals surface area (Å²) in [5, 5.41) is 2.97. The summed E-state index contributed by atoms with van der Waals surface area (Å²) >= 11 is 0. The highest BCUT2D eigenvalue weighted by atomic mass is 35.5. The number of esters is 1. The zero-order chi connectivity index (χ0) is 15.9. The largest absolute Gasteiger partial charge is 0.468 e. The Bertz CT molecular complexity index is 536. The van der Waals surface area contributed by atoms with E-state index >= 15 is 0 Å². The van der Waals surface area contributed by atoms with Gasteiger partial charge in [-0.3, -0.25) is 9.59 Å². The van der Waals surface area contributed by atoms with Crippen LogP contribution in [0.4, 0.5) is 5.69 Å². The molecule has 1 aromatic rings. The molecule has 0 saturated heterocycles. The van der Waals surface area contributed by atoms with Crippen LogP contribution in [0, 0.1) is 5.92 Å². The quantitative estimate of drug-likeness (QED) is 0.614. The molecule has 1 aliphatic carbocycles. The normalized spacial score (nSPS) is 20.3. The van der Waals surface area contributed by atoms with Crippen molar-refractivity contribution in [3.8, 4) is 0 Å². The molecule has 0 radical (unpaired) electrons. The van der Waals surface area contributed by atoms with Gasteiger partial charge in [0.05, 0.1) is 7.11 Å². The minimum absolute atomic E-state index is 0. The van der Waals surface area contributed by atoms with Crippen LogP contribution < -0.4 is 11.1 Å². The van der Waals surface area contributed by atoms with Crippen LogP contribution in [0.25, 0.3) is 0 Å². The van der Waals surface area contributed by atoms with Crippen LogP contribution >= 0.6 is 12.4 Å². The maximum absolute atomic E-state index is 12.6. The number of ketones is 1. The van der Waals surface area contributed by atoms with Crippen molar-refractivity contribution < 1.29 is 14.3 Å². The van der Waals surface area contributed by atoms with Gasteiger partial charge in [0.1, 0.15) is 6.54 Å². The van der Waals surface area contributed by atoms with Crippen molar-refractivity contribution in [1.29, 1.82) is 0 Å². The lowest BCUT2D eigenvalue weighted by Crippen LogP contribution is -2.34. The van der Waals surface area contributed by atoms with Crippen LogP contribution in [-0.2, 0) is 9.53 Å². The molecule has 6 heteroatoms. The van der Waals surface area contributed by atoms with Crippen LogP contribution in [0.2, 0.25) is 0 Å². The first-order chi connectivity index (χ1) is 10.6. The van der Waals surface area contributed by atoms with Crippen LogP contribution in [-0.4, -0.2) is 31.4 Å². The second-order valence-corrected chi connectivity index (χ2v) is 5.81. The van der Waals surface area contributed by atoms with Crippen LogP contribution in [0.1, 0.15) is 42.5 Å². The van der Waals surface area contributed by atoms with Crippen LogP contribution in [0.5, 0.6) is 0 Å². The van der Waals surface area contributed by atoms with Gasteiger partial charge in [0.15, 0.2) is 5.78 Å². The van der Waals surface area contributed by atoms with Crippen LogP contribution in [0.15, 0.2) is 24.3 Å². The van der Waals surface area contributed by atoms with E-state index in [2.05, 4.69) is 10.1 Å². The lowest BCUT2D eigenvalue weighted by atomic mass is 9.81. The average molecular weight is 341 g/mol. The predicted octanol–water partition coefficient (Wildman–Crippen LogP) is 2.78. The second kappa shape index (κ2) is 9.53. The Morgan fingerprint density at radius 2 is 1.96 bits per heavy atom. The van der Waals surface area contributed by atoms with Gasteiger partial charge >= 0.3 is 5.97 Å². The number of benzene rings is 1. The average Bonchev–Trinajstić information content (AvgIpc) is 2.55. The summed E-state index contributed by atoms with van der Waals surface area (Å²) in [4.78, 5) is 23.8. The Balaban J connectivity index is 0.00000264. The number of rotatable bonds is 6. The summed E-state index contributed by atoms with van der Waals surface area (Å²) in [7, 11) is 1.34. The first kappa shape index (κ1) is 19.5. The SMILES string of the molecule is COC(=O)CNc1ccccc1C(=O)CC1CCCCC1N.Cl. The molecular weight excluding hydrogens is 316 g/mol. The second-order valence-electron chi connectivity index (χ2n) is 5.81. The molecule has 0 spiro atoms. The fourth-order valence-electron chi connectivity index (χ4n) is 2.96. The third kappa shape index (κ3) is 5.52. The molecule has 1 saturated carbocycles. The highest BCUT2D eigenvalue weighted by Gasteiger charge is 2.25. The fraction of sp³-hybridized carbons (Fsp3) is 0.529. The maximum Gasteiger partial charge on any atom is 0.325 e. The minimum atomic E-state index is -0.364. The molecule has 0 aliphatic heterocycles. The summed E-state index contributed by atoms with van der Waals surface area (Å²) < 4.78 is 4.60. The van der Waals surface area contributed by atoms with E-state index in [1.807, 2.05) is 12.1 Å². The summed E-state index contributed by atoms with van der Waals surface area (Å²) in [6, 6.07) is 7.38. The van der Waals surface area contributed by atoms with Crippen molar-refractivity contribution in [1.82, 2.24) is 0 Å². The van der Waals surface area contributed by atoms with Crippen molar-refractivity contribution in [2.75, 3.05) is 19.0 Å². The highest BCUT2D eigenvalue weighted by molar-refractivity contribution is 6.01. The molecule has 0 aromatic heterocycles. The monoisotopic (exact) mass is 340 g/mol. The van der Waals surface area contributed by atoms with Crippen molar-refractivity contribution in [3.63, 3.8) is 0 Å². The smallest absolute Gasteiger partial charge is 0.325 e. The van der Waals surface area contributed by atoms with E-state index in [0.29, 0.717) is 17.7 Å². The first-order valence-corrected chi connectivity index (χ1v) is 7.80. The number of methoxy groups -OCH3 is 1. The van der Waals surface area contributed by atoms with E-state index in [4.69, 9.17) is 5.73 Å². The minimum Gasteiger partial charge on any atom is -0.468 e. The Hall–Kier alpha value is -1.59. The molecule has 0 heterocycles. The van der Waals surface area contributed by atoms with E-state index in [-0.39, 0.29) is 42.7 Å². The Kier molecular flexibility index (Phi) is 8.06. The summed E-state index contributed by atoms with van der Waals surface area (Å²) in [6.07, 6.45) is 4.79.